The first-order valence-electron chi connectivity index (χ1n) is 3.47. The van der Waals surface area contributed by atoms with Crippen molar-refractivity contribution in [2.75, 3.05) is 0 Å². The fourth-order valence-corrected chi connectivity index (χ4v) is 15.8. The third-order valence-corrected chi connectivity index (χ3v) is 20.4. The van der Waals surface area contributed by atoms with Crippen LogP contribution in [0.15, 0.2) is 0 Å². The maximum atomic E-state index is 2.58. The lowest BCUT2D eigenvalue weighted by atomic mass is 10.9. The van der Waals surface area contributed by atoms with Gasteiger partial charge in [0.2, 0.25) is 0 Å². The molecule has 0 saturated carbocycles. The van der Waals surface area contributed by atoms with E-state index in [9.17, 15) is 0 Å². The van der Waals surface area contributed by atoms with Gasteiger partial charge in [-0.3, -0.25) is 0 Å². The minimum atomic E-state index is -0.486. The van der Waals surface area contributed by atoms with E-state index < -0.39 is 7.59 Å². The average Bonchev–Trinajstić information content (AvgIpc) is 2.22. The van der Waals surface area contributed by atoms with Gasteiger partial charge in [-0.15, -0.1) is 0 Å². The van der Waals surface area contributed by atoms with Crippen LogP contribution in [0.1, 0.15) is 13.8 Å². The molecule has 1 heterocycles. The van der Waals surface area contributed by atoms with Gasteiger partial charge in [0.1, 0.15) is 0 Å². The van der Waals surface area contributed by atoms with E-state index in [4.69, 9.17) is 0 Å². The molecule has 2 heteroatoms. The molecule has 1 radical (unpaired) electrons. The van der Waals surface area contributed by atoms with Crippen molar-refractivity contribution in [2.45, 2.75) is 38.2 Å². The van der Waals surface area contributed by atoms with Crippen LogP contribution in [-0.4, -0.2) is 15.9 Å². The van der Waals surface area contributed by atoms with Crippen molar-refractivity contribution in [3.63, 3.8) is 0 Å². The fourth-order valence-electron chi connectivity index (χ4n) is 1.50. The fraction of sp³-hybridized carbons (Fsp3) is 1.00. The molecule has 0 bridgehead atoms. The Balaban J connectivity index is 2.50. The van der Waals surface area contributed by atoms with E-state index in [1.807, 2.05) is 0 Å². The number of hydrogen-bond acceptors (Lipinski definition) is 0. The third-order valence-electron chi connectivity index (χ3n) is 3.16. The molecule has 1 fully saturated rings. The number of hydrogen-bond donors (Lipinski definition) is 0. The zero-order chi connectivity index (χ0) is 6.36. The molecule has 1 rings (SSSR count). The molecule has 0 amide bonds. The van der Waals surface area contributed by atoms with Gasteiger partial charge < -0.3 is 0 Å². The second-order valence-electron chi connectivity index (χ2n) is 3.18. The van der Waals surface area contributed by atoms with Gasteiger partial charge in [-0.05, 0) is 0 Å². The normalized spacial score (nSPS) is 47.2. The monoisotopic (exact) mass is 143 g/mol. The summed E-state index contributed by atoms with van der Waals surface area (Å²) < 4.78 is 0. The SMILES string of the molecule is CC[Si]1(C)C(C)[Si]1C. The molecule has 8 heavy (non-hydrogen) atoms. The third kappa shape index (κ3) is 0.625. The minimum absolute atomic E-state index is 0.244. The van der Waals surface area contributed by atoms with Crippen LogP contribution in [-0.2, 0) is 0 Å². The summed E-state index contributed by atoms with van der Waals surface area (Å²) in [6.45, 7) is 9.94. The van der Waals surface area contributed by atoms with Crippen LogP contribution in [0.4, 0.5) is 0 Å². The summed E-state index contributed by atoms with van der Waals surface area (Å²) in [5.41, 5.74) is 0. The van der Waals surface area contributed by atoms with Gasteiger partial charge in [-0.1, -0.05) is 38.2 Å². The second-order valence-corrected chi connectivity index (χ2v) is 16.2. The summed E-state index contributed by atoms with van der Waals surface area (Å²) in [6.07, 6.45) is 0. The maximum Gasteiger partial charge on any atom is 0.0412 e. The Morgan fingerprint density at radius 2 is 2.00 bits per heavy atom. The molecule has 0 nitrogen and oxygen atoms in total. The predicted octanol–water partition coefficient (Wildman–Crippen LogP) is 2.23. The first-order chi connectivity index (χ1) is 3.63. The highest BCUT2D eigenvalue weighted by Crippen LogP contribution is 2.47. The minimum Gasteiger partial charge on any atom is -0.0731 e. The van der Waals surface area contributed by atoms with Crippen LogP contribution >= 0.6 is 0 Å². The highest BCUT2D eigenvalue weighted by atomic mass is 29.3. The Labute approximate surface area is 54.7 Å². The van der Waals surface area contributed by atoms with E-state index in [2.05, 4.69) is 26.9 Å². The Morgan fingerprint density at radius 1 is 1.62 bits per heavy atom. The lowest BCUT2D eigenvalue weighted by Crippen LogP contribution is -2.13. The average molecular weight is 143 g/mol. The first kappa shape index (κ1) is 6.55. The number of rotatable bonds is 1. The van der Waals surface area contributed by atoms with Crippen LogP contribution in [0.5, 0.6) is 0 Å². The Kier molecular flexibility index (Phi) is 1.40. The van der Waals surface area contributed by atoms with Crippen molar-refractivity contribution in [1.29, 1.82) is 0 Å². The van der Waals surface area contributed by atoms with Gasteiger partial charge in [0.05, 0.1) is 0 Å². The summed E-state index contributed by atoms with van der Waals surface area (Å²) in [4.78, 5) is 0. The van der Waals surface area contributed by atoms with Crippen molar-refractivity contribution in [2.24, 2.45) is 0 Å². The molecular weight excluding hydrogens is 128 g/mol. The van der Waals surface area contributed by atoms with Gasteiger partial charge >= 0.3 is 0 Å². The largest absolute Gasteiger partial charge is 0.0731 e. The summed E-state index contributed by atoms with van der Waals surface area (Å²) in [7, 11) is -0.242. The molecule has 1 aliphatic heterocycles. The van der Waals surface area contributed by atoms with Gasteiger partial charge in [0.25, 0.3) is 0 Å². The summed E-state index contributed by atoms with van der Waals surface area (Å²) >= 11 is 0. The van der Waals surface area contributed by atoms with Crippen LogP contribution < -0.4 is 0 Å². The van der Waals surface area contributed by atoms with Crippen molar-refractivity contribution in [3.05, 3.63) is 0 Å². The maximum absolute atomic E-state index is 2.58. The lowest BCUT2D eigenvalue weighted by Gasteiger charge is -2.00. The Morgan fingerprint density at radius 3 is 2.00 bits per heavy atom. The second kappa shape index (κ2) is 1.71. The topological polar surface area (TPSA) is 0 Å². The molecule has 0 N–H and O–H groups in total. The van der Waals surface area contributed by atoms with Crippen LogP contribution in [0, 0.1) is 0 Å². The van der Waals surface area contributed by atoms with Crippen molar-refractivity contribution >= 4 is 15.9 Å². The van der Waals surface area contributed by atoms with Gasteiger partial charge in [0.15, 0.2) is 0 Å². The van der Waals surface area contributed by atoms with Gasteiger partial charge in [-0.2, -0.15) is 0 Å². The van der Waals surface area contributed by atoms with Crippen molar-refractivity contribution in [3.8, 4) is 0 Å². The van der Waals surface area contributed by atoms with E-state index in [1.54, 1.807) is 6.04 Å². The smallest absolute Gasteiger partial charge is 0.0412 e. The molecule has 47 valence electrons. The van der Waals surface area contributed by atoms with Gasteiger partial charge in [-0.25, -0.2) is 0 Å². The molecule has 1 saturated heterocycles. The molecule has 0 aromatic carbocycles. The molecule has 0 aromatic heterocycles. The Hall–Kier alpha value is 0.434. The zero-order valence-corrected chi connectivity index (χ0v) is 8.28. The molecule has 1 aliphatic rings. The van der Waals surface area contributed by atoms with E-state index in [1.165, 1.54) is 5.16 Å². The van der Waals surface area contributed by atoms with Gasteiger partial charge in [0, 0.05) is 15.9 Å². The van der Waals surface area contributed by atoms with E-state index in [0.29, 0.717) is 0 Å². The van der Waals surface area contributed by atoms with Crippen LogP contribution in [0.2, 0.25) is 24.3 Å². The summed E-state index contributed by atoms with van der Waals surface area (Å²) in [6, 6.07) is 1.54. The molecule has 0 aliphatic carbocycles. The predicted molar refractivity (Wildman–Crippen MR) is 43.1 cm³/mol. The first-order valence-corrected chi connectivity index (χ1v) is 9.33. The summed E-state index contributed by atoms with van der Waals surface area (Å²) in [5, 5.41) is 1.22. The molecule has 2 atom stereocenters. The highest BCUT2D eigenvalue weighted by Gasteiger charge is 2.56. The van der Waals surface area contributed by atoms with Crippen LogP contribution in [0.3, 0.4) is 0 Å². The van der Waals surface area contributed by atoms with Crippen molar-refractivity contribution < 1.29 is 0 Å². The molecule has 2 unspecified atom stereocenters. The molecular formula is C6H15Si2. The van der Waals surface area contributed by atoms with Crippen LogP contribution in [0.25, 0.3) is 0 Å². The Bertz CT molecular complexity index is 92.7. The summed E-state index contributed by atoms with van der Waals surface area (Å²) in [5.74, 6) is 0. The quantitative estimate of drug-likeness (QED) is 0.494. The molecule has 0 aromatic rings. The molecule has 0 spiro atoms. The standard InChI is InChI=1S/C6H15Si2/c1-5-8(4)6(2)7(8)3/h6H,5H2,1-4H3. The zero-order valence-electron chi connectivity index (χ0n) is 6.28. The van der Waals surface area contributed by atoms with E-state index >= 15 is 0 Å². The lowest BCUT2D eigenvalue weighted by molar-refractivity contribution is 1.29. The van der Waals surface area contributed by atoms with E-state index in [0.717, 1.165) is 0 Å². The highest BCUT2D eigenvalue weighted by molar-refractivity contribution is 7.51. The van der Waals surface area contributed by atoms with Crippen molar-refractivity contribution in [1.82, 2.24) is 0 Å². The van der Waals surface area contributed by atoms with E-state index in [-0.39, 0.29) is 8.31 Å².